The van der Waals surface area contributed by atoms with E-state index in [2.05, 4.69) is 78.0 Å². The minimum absolute atomic E-state index is 0.732. The quantitative estimate of drug-likeness (QED) is 0.503. The van der Waals surface area contributed by atoms with Crippen molar-refractivity contribution in [1.29, 1.82) is 0 Å². The molecule has 0 atom stereocenters. The molecule has 2 rings (SSSR count). The molecule has 0 aliphatic carbocycles. The van der Waals surface area contributed by atoms with Gasteiger partial charge in [0.25, 0.3) is 0 Å². The smallest absolute Gasteiger partial charge is 0.0548 e. The van der Waals surface area contributed by atoms with Crippen molar-refractivity contribution < 1.29 is 0 Å². The first-order valence-electron chi connectivity index (χ1n) is 5.19. The molecule has 5 heteroatoms. The second kappa shape index (κ2) is 6.59. The van der Waals surface area contributed by atoms with Crippen molar-refractivity contribution in [3.63, 3.8) is 0 Å². The van der Waals surface area contributed by atoms with Gasteiger partial charge in [0.05, 0.1) is 5.02 Å². The maximum absolute atomic E-state index is 5.96. The molecular weight excluding hydrogens is 492 g/mol. The van der Waals surface area contributed by atoms with Crippen LogP contribution < -0.4 is 5.32 Å². The number of rotatable bonds is 3. The van der Waals surface area contributed by atoms with E-state index in [1.165, 1.54) is 9.13 Å². The fourth-order valence-corrected chi connectivity index (χ4v) is 2.72. The first kappa shape index (κ1) is 14.6. The Morgan fingerprint density at radius 3 is 2.50 bits per heavy atom. The summed E-state index contributed by atoms with van der Waals surface area (Å²) in [4.78, 5) is 0. The predicted octanol–water partition coefficient (Wildman–Crippen LogP) is 6.08. The van der Waals surface area contributed by atoms with Crippen molar-refractivity contribution in [3.05, 3.63) is 59.5 Å². The van der Waals surface area contributed by atoms with Crippen LogP contribution in [0.3, 0.4) is 0 Å². The fourth-order valence-electron chi connectivity index (χ4n) is 1.46. The second-order valence-corrected chi connectivity index (χ2v) is 7.01. The number of hydrogen-bond acceptors (Lipinski definition) is 1. The molecule has 0 aliphatic heterocycles. The molecule has 0 saturated carbocycles. The lowest BCUT2D eigenvalue weighted by molar-refractivity contribution is 1.14. The summed E-state index contributed by atoms with van der Waals surface area (Å²) in [6.07, 6.45) is 0. The molecule has 1 N–H and O–H groups in total. The second-order valence-electron chi connectivity index (χ2n) is 3.73. The molecule has 2 aromatic rings. The highest BCUT2D eigenvalue weighted by atomic mass is 127. The lowest BCUT2D eigenvalue weighted by Gasteiger charge is -2.08. The molecule has 0 saturated heterocycles. The molecule has 0 bridgehead atoms. The van der Waals surface area contributed by atoms with Gasteiger partial charge in [0.1, 0.15) is 0 Å². The molecule has 0 amide bonds. The normalized spacial score (nSPS) is 10.4. The SMILES string of the molecule is Clc1ccc(CNc2ccc(I)c(Br)c2)cc1Br. The summed E-state index contributed by atoms with van der Waals surface area (Å²) in [5, 5.41) is 4.11. The van der Waals surface area contributed by atoms with Crippen LogP contribution in [0.5, 0.6) is 0 Å². The molecule has 0 heterocycles. The standard InChI is InChI=1S/C13H9Br2ClIN/c14-10-5-8(1-3-12(10)16)7-18-9-2-4-13(17)11(15)6-9/h1-6,18H,7H2. The van der Waals surface area contributed by atoms with Gasteiger partial charge < -0.3 is 5.32 Å². The number of anilines is 1. The molecule has 1 nitrogen and oxygen atoms in total. The van der Waals surface area contributed by atoms with Crippen LogP contribution in [0.25, 0.3) is 0 Å². The van der Waals surface area contributed by atoms with E-state index in [9.17, 15) is 0 Å². The van der Waals surface area contributed by atoms with E-state index >= 15 is 0 Å². The maximum Gasteiger partial charge on any atom is 0.0548 e. The largest absolute Gasteiger partial charge is 0.381 e. The molecule has 18 heavy (non-hydrogen) atoms. The van der Waals surface area contributed by atoms with E-state index in [4.69, 9.17) is 11.6 Å². The zero-order valence-corrected chi connectivity index (χ0v) is 15.3. The van der Waals surface area contributed by atoms with Crippen LogP contribution in [0.15, 0.2) is 45.3 Å². The monoisotopic (exact) mass is 499 g/mol. The molecule has 0 radical (unpaired) electrons. The van der Waals surface area contributed by atoms with Gasteiger partial charge in [-0.15, -0.1) is 0 Å². The first-order chi connectivity index (χ1) is 8.56. The van der Waals surface area contributed by atoms with Crippen molar-refractivity contribution >= 4 is 71.7 Å². The number of benzene rings is 2. The molecule has 0 unspecified atom stereocenters. The third-order valence-electron chi connectivity index (χ3n) is 2.40. The summed E-state index contributed by atoms with van der Waals surface area (Å²) >= 11 is 15.2. The predicted molar refractivity (Wildman–Crippen MR) is 93.3 cm³/mol. The van der Waals surface area contributed by atoms with Crippen LogP contribution in [0.4, 0.5) is 5.69 Å². The molecule has 0 fully saturated rings. The Labute approximate surface area is 142 Å². The molecular formula is C13H9Br2ClIN. The third kappa shape index (κ3) is 3.85. The Kier molecular flexibility index (Phi) is 5.35. The maximum atomic E-state index is 5.96. The van der Waals surface area contributed by atoms with Crippen LogP contribution in [0.2, 0.25) is 5.02 Å². The van der Waals surface area contributed by atoms with Gasteiger partial charge in [-0.25, -0.2) is 0 Å². The third-order valence-corrected chi connectivity index (χ3v) is 5.95. The molecule has 0 aromatic heterocycles. The van der Waals surface area contributed by atoms with Crippen molar-refractivity contribution in [2.45, 2.75) is 6.54 Å². The van der Waals surface area contributed by atoms with Gasteiger partial charge >= 0.3 is 0 Å². The van der Waals surface area contributed by atoms with E-state index in [1.54, 1.807) is 0 Å². The minimum Gasteiger partial charge on any atom is -0.381 e. The summed E-state index contributed by atoms with van der Waals surface area (Å²) < 4.78 is 3.23. The molecule has 94 valence electrons. The Balaban J connectivity index is 2.06. The van der Waals surface area contributed by atoms with Crippen molar-refractivity contribution in [3.8, 4) is 0 Å². The number of nitrogens with one attached hydrogen (secondary N) is 1. The van der Waals surface area contributed by atoms with E-state index in [-0.39, 0.29) is 0 Å². The van der Waals surface area contributed by atoms with Gasteiger partial charge in [-0.1, -0.05) is 17.7 Å². The van der Waals surface area contributed by atoms with Crippen LogP contribution in [-0.4, -0.2) is 0 Å². The van der Waals surface area contributed by atoms with Crippen LogP contribution in [-0.2, 0) is 6.54 Å². The summed E-state index contributed by atoms with van der Waals surface area (Å²) in [6.45, 7) is 0.767. The van der Waals surface area contributed by atoms with Crippen LogP contribution >= 0.6 is 66.1 Å². The minimum atomic E-state index is 0.732. The van der Waals surface area contributed by atoms with Gasteiger partial charge in [-0.05, 0) is 90.3 Å². The van der Waals surface area contributed by atoms with E-state index in [0.29, 0.717) is 0 Å². The summed E-state index contributed by atoms with van der Waals surface area (Å²) in [7, 11) is 0. The van der Waals surface area contributed by atoms with Crippen molar-refractivity contribution in [2.75, 3.05) is 5.32 Å². The van der Waals surface area contributed by atoms with Crippen molar-refractivity contribution in [1.82, 2.24) is 0 Å². The average molecular weight is 501 g/mol. The van der Waals surface area contributed by atoms with Gasteiger partial charge in [-0.2, -0.15) is 0 Å². The lowest BCUT2D eigenvalue weighted by Crippen LogP contribution is -1.99. The van der Waals surface area contributed by atoms with E-state index in [1.807, 2.05) is 18.2 Å². The van der Waals surface area contributed by atoms with Gasteiger partial charge in [-0.3, -0.25) is 0 Å². The lowest BCUT2D eigenvalue weighted by atomic mass is 10.2. The van der Waals surface area contributed by atoms with Crippen molar-refractivity contribution in [2.24, 2.45) is 0 Å². The zero-order chi connectivity index (χ0) is 13.1. The summed E-state index contributed by atoms with van der Waals surface area (Å²) in [6, 6.07) is 12.2. The highest BCUT2D eigenvalue weighted by Gasteiger charge is 2.01. The Morgan fingerprint density at radius 1 is 1.06 bits per heavy atom. The van der Waals surface area contributed by atoms with E-state index < -0.39 is 0 Å². The van der Waals surface area contributed by atoms with E-state index in [0.717, 1.165) is 26.2 Å². The van der Waals surface area contributed by atoms with Crippen LogP contribution in [0.1, 0.15) is 5.56 Å². The topological polar surface area (TPSA) is 12.0 Å². The van der Waals surface area contributed by atoms with Gasteiger partial charge in [0, 0.05) is 24.7 Å². The highest BCUT2D eigenvalue weighted by molar-refractivity contribution is 14.1. The Morgan fingerprint density at radius 2 is 1.83 bits per heavy atom. The Hall–Kier alpha value is 0.220. The zero-order valence-electron chi connectivity index (χ0n) is 9.18. The molecule has 0 spiro atoms. The van der Waals surface area contributed by atoms with Gasteiger partial charge in [0.15, 0.2) is 0 Å². The number of halogens is 4. The van der Waals surface area contributed by atoms with Gasteiger partial charge in [0.2, 0.25) is 0 Å². The molecule has 0 aliphatic rings. The van der Waals surface area contributed by atoms with Crippen LogP contribution in [0, 0.1) is 3.57 Å². The first-order valence-corrected chi connectivity index (χ1v) is 8.23. The fraction of sp³-hybridized carbons (Fsp3) is 0.0769. The number of hydrogen-bond donors (Lipinski definition) is 1. The summed E-state index contributed by atoms with van der Waals surface area (Å²) in [5.41, 5.74) is 2.27. The molecule has 2 aromatic carbocycles. The highest BCUT2D eigenvalue weighted by Crippen LogP contribution is 2.25. The Bertz CT molecular complexity index is 523. The summed E-state index contributed by atoms with van der Waals surface area (Å²) in [5.74, 6) is 0. The average Bonchev–Trinajstić information content (AvgIpc) is 2.35.